The molecule has 0 amide bonds. The van der Waals surface area contributed by atoms with Gasteiger partial charge in [0.2, 0.25) is 0 Å². The Kier molecular flexibility index (Phi) is 4.67. The van der Waals surface area contributed by atoms with Gasteiger partial charge in [-0.3, -0.25) is 4.79 Å². The number of carboxylic acid groups (broad SMARTS) is 1. The molecule has 1 N–H and O–H groups in total. The van der Waals surface area contributed by atoms with Gasteiger partial charge in [-0.05, 0) is 18.4 Å². The van der Waals surface area contributed by atoms with Crippen LogP contribution in [0.4, 0.5) is 0 Å². The molecule has 3 heteroatoms. The molecule has 21 heavy (non-hydrogen) atoms. The molecule has 2 aromatic carbocycles. The average molecular weight is 280 g/mol. The van der Waals surface area contributed by atoms with E-state index in [0.29, 0.717) is 24.0 Å². The van der Waals surface area contributed by atoms with Crippen molar-refractivity contribution in [3.8, 4) is 0 Å². The maximum Gasteiger partial charge on any atom is 0.330 e. The van der Waals surface area contributed by atoms with E-state index in [0.717, 1.165) is 5.56 Å². The molecule has 0 unspecified atom stereocenters. The van der Waals surface area contributed by atoms with Crippen LogP contribution in [0.2, 0.25) is 0 Å². The van der Waals surface area contributed by atoms with Crippen LogP contribution in [-0.2, 0) is 11.2 Å². The fraction of sp³-hybridized carbons (Fsp3) is 0.111. The number of carbonyl (C=O) groups excluding carboxylic acids is 1. The van der Waals surface area contributed by atoms with Gasteiger partial charge in [-0.15, -0.1) is 0 Å². The highest BCUT2D eigenvalue weighted by atomic mass is 16.4. The monoisotopic (exact) mass is 280 g/mol. The quantitative estimate of drug-likeness (QED) is 0.651. The van der Waals surface area contributed by atoms with Crippen molar-refractivity contribution in [3.05, 3.63) is 83.4 Å². The molecule has 2 aromatic rings. The van der Waals surface area contributed by atoms with Crippen LogP contribution in [0, 0.1) is 0 Å². The molecule has 3 nitrogen and oxygen atoms in total. The molecule has 0 saturated carbocycles. The summed E-state index contributed by atoms with van der Waals surface area (Å²) in [6.45, 7) is 3.52. The molecule has 2 rings (SSSR count). The van der Waals surface area contributed by atoms with Gasteiger partial charge < -0.3 is 5.11 Å². The van der Waals surface area contributed by atoms with E-state index in [1.165, 1.54) is 0 Å². The third-order valence-corrected chi connectivity index (χ3v) is 3.30. The van der Waals surface area contributed by atoms with Gasteiger partial charge in [-0.1, -0.05) is 61.2 Å². The summed E-state index contributed by atoms with van der Waals surface area (Å²) >= 11 is 0. The molecule has 0 fully saturated rings. The summed E-state index contributed by atoms with van der Waals surface area (Å²) in [6.07, 6.45) is 0.814. The van der Waals surface area contributed by atoms with Gasteiger partial charge in [-0.2, -0.15) is 0 Å². The van der Waals surface area contributed by atoms with Crippen LogP contribution >= 0.6 is 0 Å². The number of benzene rings is 2. The molecule has 0 aromatic heterocycles. The first kappa shape index (κ1) is 14.7. The van der Waals surface area contributed by atoms with E-state index in [1.54, 1.807) is 18.2 Å². The smallest absolute Gasteiger partial charge is 0.330 e. The number of carboxylic acids is 1. The molecule has 0 aliphatic rings. The lowest BCUT2D eigenvalue weighted by molar-refractivity contribution is -0.132. The summed E-state index contributed by atoms with van der Waals surface area (Å²) < 4.78 is 0. The number of ketones is 1. The Morgan fingerprint density at radius 3 is 2.24 bits per heavy atom. The topological polar surface area (TPSA) is 54.4 Å². The standard InChI is InChI=1S/C18H16O3/c1-13(18(20)21)11-12-14-7-5-6-10-16(14)17(19)15-8-3-2-4-9-15/h2-10H,1,11-12H2,(H,20,21). The Morgan fingerprint density at radius 2 is 1.57 bits per heavy atom. The lowest BCUT2D eigenvalue weighted by Gasteiger charge is -2.09. The SMILES string of the molecule is C=C(CCc1ccccc1C(=O)c1ccccc1)C(=O)O. The van der Waals surface area contributed by atoms with Crippen molar-refractivity contribution < 1.29 is 14.7 Å². The predicted octanol–water partition coefficient (Wildman–Crippen LogP) is 3.49. The second-order valence-electron chi connectivity index (χ2n) is 4.76. The zero-order chi connectivity index (χ0) is 15.2. The van der Waals surface area contributed by atoms with E-state index in [-0.39, 0.29) is 11.4 Å². The Balaban J connectivity index is 2.23. The van der Waals surface area contributed by atoms with Crippen LogP contribution in [0.3, 0.4) is 0 Å². The number of carbonyl (C=O) groups is 2. The fourth-order valence-corrected chi connectivity index (χ4v) is 2.10. The van der Waals surface area contributed by atoms with E-state index in [2.05, 4.69) is 6.58 Å². The van der Waals surface area contributed by atoms with Gasteiger partial charge in [0.15, 0.2) is 5.78 Å². The maximum atomic E-state index is 12.5. The fourth-order valence-electron chi connectivity index (χ4n) is 2.10. The molecule has 0 aliphatic carbocycles. The molecular formula is C18H16O3. The van der Waals surface area contributed by atoms with Gasteiger partial charge in [0.25, 0.3) is 0 Å². The molecular weight excluding hydrogens is 264 g/mol. The minimum Gasteiger partial charge on any atom is -0.478 e. The highest BCUT2D eigenvalue weighted by Crippen LogP contribution is 2.17. The zero-order valence-corrected chi connectivity index (χ0v) is 11.6. The minimum atomic E-state index is -0.998. The molecule has 0 saturated heterocycles. The van der Waals surface area contributed by atoms with E-state index in [4.69, 9.17) is 5.11 Å². The number of aliphatic carboxylic acids is 1. The van der Waals surface area contributed by atoms with Crippen molar-refractivity contribution in [2.24, 2.45) is 0 Å². The summed E-state index contributed by atoms with van der Waals surface area (Å²) in [5, 5.41) is 8.85. The molecule has 0 aliphatic heterocycles. The Bertz CT molecular complexity index is 672. The van der Waals surface area contributed by atoms with E-state index in [9.17, 15) is 9.59 Å². The summed E-state index contributed by atoms with van der Waals surface area (Å²) in [5.74, 6) is -1.05. The van der Waals surface area contributed by atoms with Crippen molar-refractivity contribution in [2.75, 3.05) is 0 Å². The molecule has 0 heterocycles. The molecule has 0 spiro atoms. The Morgan fingerprint density at radius 1 is 0.952 bits per heavy atom. The van der Waals surface area contributed by atoms with Gasteiger partial charge >= 0.3 is 5.97 Å². The first-order chi connectivity index (χ1) is 10.1. The van der Waals surface area contributed by atoms with Crippen molar-refractivity contribution in [3.63, 3.8) is 0 Å². The van der Waals surface area contributed by atoms with E-state index < -0.39 is 5.97 Å². The second kappa shape index (κ2) is 6.66. The number of aryl methyl sites for hydroxylation is 1. The van der Waals surface area contributed by atoms with Crippen LogP contribution in [0.15, 0.2) is 66.7 Å². The molecule has 106 valence electrons. The highest BCUT2D eigenvalue weighted by Gasteiger charge is 2.13. The third-order valence-electron chi connectivity index (χ3n) is 3.30. The second-order valence-corrected chi connectivity index (χ2v) is 4.76. The van der Waals surface area contributed by atoms with Crippen LogP contribution < -0.4 is 0 Å². The first-order valence-corrected chi connectivity index (χ1v) is 6.68. The molecule has 0 radical (unpaired) electrons. The number of rotatable bonds is 6. The van der Waals surface area contributed by atoms with Crippen LogP contribution in [0.1, 0.15) is 27.9 Å². The average Bonchev–Trinajstić information content (AvgIpc) is 2.53. The highest BCUT2D eigenvalue weighted by molar-refractivity contribution is 6.09. The largest absolute Gasteiger partial charge is 0.478 e. The van der Waals surface area contributed by atoms with E-state index in [1.807, 2.05) is 36.4 Å². The lowest BCUT2D eigenvalue weighted by atomic mass is 9.95. The Labute approximate surface area is 123 Å². The number of hydrogen-bond donors (Lipinski definition) is 1. The van der Waals surface area contributed by atoms with Crippen LogP contribution in [0.25, 0.3) is 0 Å². The maximum absolute atomic E-state index is 12.5. The van der Waals surface area contributed by atoms with Crippen molar-refractivity contribution in [1.29, 1.82) is 0 Å². The van der Waals surface area contributed by atoms with Gasteiger partial charge in [0, 0.05) is 16.7 Å². The lowest BCUT2D eigenvalue weighted by Crippen LogP contribution is -2.07. The van der Waals surface area contributed by atoms with Crippen molar-refractivity contribution in [1.82, 2.24) is 0 Å². The summed E-state index contributed by atoms with van der Waals surface area (Å²) in [7, 11) is 0. The first-order valence-electron chi connectivity index (χ1n) is 6.68. The third kappa shape index (κ3) is 3.66. The van der Waals surface area contributed by atoms with Gasteiger partial charge in [0.1, 0.15) is 0 Å². The number of hydrogen-bond acceptors (Lipinski definition) is 2. The van der Waals surface area contributed by atoms with Gasteiger partial charge in [-0.25, -0.2) is 4.79 Å². The van der Waals surface area contributed by atoms with Crippen LogP contribution in [0.5, 0.6) is 0 Å². The van der Waals surface area contributed by atoms with Crippen molar-refractivity contribution >= 4 is 11.8 Å². The molecule has 0 bridgehead atoms. The Hall–Kier alpha value is -2.68. The minimum absolute atomic E-state index is 0.0489. The van der Waals surface area contributed by atoms with E-state index >= 15 is 0 Å². The van der Waals surface area contributed by atoms with Gasteiger partial charge in [0.05, 0.1) is 0 Å². The zero-order valence-electron chi connectivity index (χ0n) is 11.6. The summed E-state index contributed by atoms with van der Waals surface area (Å²) in [6, 6.07) is 16.3. The predicted molar refractivity (Wildman–Crippen MR) is 81.4 cm³/mol. The molecule has 0 atom stereocenters. The normalized spacial score (nSPS) is 10.1. The van der Waals surface area contributed by atoms with Crippen molar-refractivity contribution in [2.45, 2.75) is 12.8 Å². The van der Waals surface area contributed by atoms with Crippen LogP contribution in [-0.4, -0.2) is 16.9 Å². The summed E-state index contributed by atoms with van der Waals surface area (Å²) in [5.41, 5.74) is 2.23. The summed E-state index contributed by atoms with van der Waals surface area (Å²) in [4.78, 5) is 23.3.